The largest absolute Gasteiger partial charge is 0.288 e. The molecule has 0 saturated heterocycles. The summed E-state index contributed by atoms with van der Waals surface area (Å²) in [5, 5.41) is 9.32. The van der Waals surface area contributed by atoms with Gasteiger partial charge in [-0.1, -0.05) is 12.1 Å². The van der Waals surface area contributed by atoms with E-state index in [2.05, 4.69) is 22.9 Å². The van der Waals surface area contributed by atoms with Crippen LogP contribution in [-0.4, -0.2) is 2.78 Å². The molecule has 2 aromatic rings. The molecule has 0 aliphatic rings. The van der Waals surface area contributed by atoms with Gasteiger partial charge in [-0.3, -0.25) is 7.58 Å². The maximum absolute atomic E-state index is 11.7. The Bertz CT molecular complexity index is 595. The number of para-hydroxylation sites is 1. The Labute approximate surface area is 94.1 Å². The number of halogens is 1. The average molecular weight is 296 g/mol. The van der Waals surface area contributed by atoms with E-state index in [4.69, 9.17) is 5.26 Å². The van der Waals surface area contributed by atoms with Crippen LogP contribution < -0.4 is 5.43 Å². The predicted molar refractivity (Wildman–Crippen MR) is 62.3 cm³/mol. The van der Waals surface area contributed by atoms with Gasteiger partial charge in [0.2, 0.25) is 5.43 Å². The molecule has 0 amide bonds. The van der Waals surface area contributed by atoms with Gasteiger partial charge in [-0.25, -0.2) is 0 Å². The number of rotatable bonds is 0. The van der Waals surface area contributed by atoms with E-state index < -0.39 is 0 Å². The molecule has 68 valence electrons. The van der Waals surface area contributed by atoms with Gasteiger partial charge >= 0.3 is 0 Å². The standard InChI is InChI=1S/C10H5IN2O/c11-13-6-7(5-12)10(14)8-3-1-2-4-9(8)13/h1-4,6H. The Hall–Kier alpha value is -1.35. The fraction of sp³-hybridized carbons (Fsp3) is 0. The van der Waals surface area contributed by atoms with Crippen molar-refractivity contribution in [1.29, 1.82) is 5.26 Å². The number of pyridine rings is 1. The minimum atomic E-state index is -0.198. The monoisotopic (exact) mass is 296 g/mol. The van der Waals surface area contributed by atoms with Crippen molar-refractivity contribution in [2.75, 3.05) is 0 Å². The molecule has 0 aliphatic heterocycles. The smallest absolute Gasteiger partial charge is 0.207 e. The van der Waals surface area contributed by atoms with E-state index in [0.717, 1.165) is 5.52 Å². The van der Waals surface area contributed by atoms with E-state index in [9.17, 15) is 4.79 Å². The molecule has 0 atom stereocenters. The summed E-state index contributed by atoms with van der Waals surface area (Å²) in [4.78, 5) is 11.7. The normalized spacial score (nSPS) is 10.0. The van der Waals surface area contributed by atoms with Gasteiger partial charge in [0.1, 0.15) is 11.6 Å². The van der Waals surface area contributed by atoms with Crippen molar-refractivity contribution in [3.05, 3.63) is 46.2 Å². The van der Waals surface area contributed by atoms with Gasteiger partial charge < -0.3 is 0 Å². The Morgan fingerprint density at radius 2 is 2.07 bits per heavy atom. The minimum Gasteiger partial charge on any atom is -0.288 e. The first-order valence-electron chi connectivity index (χ1n) is 3.94. The molecule has 0 N–H and O–H groups in total. The van der Waals surface area contributed by atoms with Crippen LogP contribution in [0.3, 0.4) is 0 Å². The molecule has 4 heteroatoms. The summed E-state index contributed by atoms with van der Waals surface area (Å²) < 4.78 is 1.76. The fourth-order valence-electron chi connectivity index (χ4n) is 1.32. The van der Waals surface area contributed by atoms with E-state index in [0.29, 0.717) is 5.39 Å². The average Bonchev–Trinajstić information content (AvgIpc) is 2.23. The topological polar surface area (TPSA) is 45.8 Å². The van der Waals surface area contributed by atoms with Gasteiger partial charge in [0, 0.05) is 11.6 Å². The van der Waals surface area contributed by atoms with Gasteiger partial charge in [0.25, 0.3) is 0 Å². The summed E-state index contributed by atoms with van der Waals surface area (Å²) in [5.74, 6) is 0. The van der Waals surface area contributed by atoms with Crippen LogP contribution in [0, 0.1) is 11.3 Å². The summed E-state index contributed by atoms with van der Waals surface area (Å²) in [6, 6.07) is 9.13. The lowest BCUT2D eigenvalue weighted by molar-refractivity contribution is 1.31. The second-order valence-electron chi connectivity index (χ2n) is 2.81. The van der Waals surface area contributed by atoms with Crippen LogP contribution in [0.4, 0.5) is 0 Å². The van der Waals surface area contributed by atoms with E-state index in [1.54, 1.807) is 21.1 Å². The second kappa shape index (κ2) is 3.42. The Morgan fingerprint density at radius 1 is 1.36 bits per heavy atom. The third kappa shape index (κ3) is 1.30. The maximum atomic E-state index is 11.7. The molecule has 3 nitrogen and oxygen atoms in total. The van der Waals surface area contributed by atoms with Crippen LogP contribution in [-0.2, 0) is 0 Å². The first kappa shape index (κ1) is 9.21. The third-order valence-electron chi connectivity index (χ3n) is 1.99. The molecule has 1 aromatic heterocycles. The number of hydrogen-bond acceptors (Lipinski definition) is 2. The fourth-order valence-corrected chi connectivity index (χ4v) is 2.02. The van der Waals surface area contributed by atoms with Gasteiger partial charge in [-0.05, 0) is 12.1 Å². The molecule has 0 fully saturated rings. The molecule has 0 aliphatic carbocycles. The lowest BCUT2D eigenvalue weighted by Gasteiger charge is -2.02. The summed E-state index contributed by atoms with van der Waals surface area (Å²) in [7, 11) is 0. The molecular formula is C10H5IN2O. The molecular weight excluding hydrogens is 291 g/mol. The van der Waals surface area contributed by atoms with Crippen LogP contribution in [0.5, 0.6) is 0 Å². The third-order valence-corrected chi connectivity index (χ3v) is 2.78. The van der Waals surface area contributed by atoms with Gasteiger partial charge in [-0.15, -0.1) is 0 Å². The molecule has 0 saturated carbocycles. The van der Waals surface area contributed by atoms with Gasteiger partial charge in [-0.2, -0.15) is 5.26 Å². The van der Waals surface area contributed by atoms with Crippen molar-refractivity contribution in [3.8, 4) is 6.07 Å². The Balaban J connectivity index is 3.04. The number of nitriles is 1. The molecule has 1 heterocycles. The zero-order valence-electron chi connectivity index (χ0n) is 7.07. The van der Waals surface area contributed by atoms with Crippen molar-refractivity contribution < 1.29 is 0 Å². The van der Waals surface area contributed by atoms with Crippen molar-refractivity contribution in [2.24, 2.45) is 0 Å². The summed E-state index contributed by atoms with van der Waals surface area (Å²) >= 11 is 2.05. The lowest BCUT2D eigenvalue weighted by atomic mass is 10.1. The number of hydrogen-bond donors (Lipinski definition) is 0. The van der Waals surface area contributed by atoms with Crippen LogP contribution in [0.1, 0.15) is 5.56 Å². The number of fused-ring (bicyclic) bond motifs is 1. The van der Waals surface area contributed by atoms with Gasteiger partial charge in [0.15, 0.2) is 0 Å². The second-order valence-corrected chi connectivity index (χ2v) is 3.85. The summed E-state index contributed by atoms with van der Waals surface area (Å²) in [5.41, 5.74) is 0.811. The highest BCUT2D eigenvalue weighted by atomic mass is 127. The minimum absolute atomic E-state index is 0.179. The van der Waals surface area contributed by atoms with Gasteiger partial charge in [0.05, 0.1) is 28.4 Å². The molecule has 0 radical (unpaired) electrons. The molecule has 0 spiro atoms. The Morgan fingerprint density at radius 3 is 2.79 bits per heavy atom. The molecule has 0 unspecified atom stereocenters. The predicted octanol–water partition coefficient (Wildman–Crippen LogP) is 2.07. The van der Waals surface area contributed by atoms with Crippen molar-refractivity contribution in [3.63, 3.8) is 0 Å². The quantitative estimate of drug-likeness (QED) is 0.699. The van der Waals surface area contributed by atoms with Crippen LogP contribution >= 0.6 is 22.9 Å². The maximum Gasteiger partial charge on any atom is 0.207 e. The van der Waals surface area contributed by atoms with E-state index >= 15 is 0 Å². The van der Waals surface area contributed by atoms with E-state index in [-0.39, 0.29) is 11.0 Å². The van der Waals surface area contributed by atoms with Crippen molar-refractivity contribution in [1.82, 2.24) is 2.78 Å². The van der Waals surface area contributed by atoms with Crippen LogP contribution in [0.15, 0.2) is 35.3 Å². The van der Waals surface area contributed by atoms with E-state index in [1.165, 1.54) is 0 Å². The molecule has 1 aromatic carbocycles. The Kier molecular flexibility index (Phi) is 2.25. The molecule has 2 rings (SSSR count). The number of aromatic nitrogens is 1. The summed E-state index contributed by atoms with van der Waals surface area (Å²) in [6.45, 7) is 0. The molecule has 14 heavy (non-hydrogen) atoms. The zero-order valence-corrected chi connectivity index (χ0v) is 9.22. The molecule has 0 bridgehead atoms. The van der Waals surface area contributed by atoms with Crippen LogP contribution in [0.2, 0.25) is 0 Å². The van der Waals surface area contributed by atoms with Crippen molar-refractivity contribution >= 4 is 33.8 Å². The summed E-state index contributed by atoms with van der Waals surface area (Å²) in [6.07, 6.45) is 1.55. The zero-order chi connectivity index (χ0) is 10.1. The highest BCUT2D eigenvalue weighted by Gasteiger charge is 2.05. The highest BCUT2D eigenvalue weighted by molar-refractivity contribution is 14.1. The number of benzene rings is 1. The first-order chi connectivity index (χ1) is 6.74. The lowest BCUT2D eigenvalue weighted by Crippen LogP contribution is -2.08. The SMILES string of the molecule is N#Cc1cn(I)c2ccccc2c1=O. The highest BCUT2D eigenvalue weighted by Crippen LogP contribution is 2.13. The number of nitrogens with zero attached hydrogens (tertiary/aromatic N) is 2. The van der Waals surface area contributed by atoms with Crippen LogP contribution in [0.25, 0.3) is 10.9 Å². The van der Waals surface area contributed by atoms with Crippen molar-refractivity contribution in [2.45, 2.75) is 0 Å². The first-order valence-corrected chi connectivity index (χ1v) is 4.91. The van der Waals surface area contributed by atoms with E-state index in [1.807, 2.05) is 18.2 Å².